The van der Waals surface area contributed by atoms with Crippen molar-refractivity contribution >= 4 is 50.5 Å². The number of ether oxygens (including phenoxy) is 1. The number of halogens is 1. The van der Waals surface area contributed by atoms with Crippen LogP contribution in [0.4, 0.5) is 10.7 Å². The van der Waals surface area contributed by atoms with Gasteiger partial charge in [0.25, 0.3) is 10.0 Å². The Balaban J connectivity index is 1.13. The van der Waals surface area contributed by atoms with Crippen LogP contribution in [0.1, 0.15) is 66.2 Å². The van der Waals surface area contributed by atoms with Gasteiger partial charge in [0.1, 0.15) is 5.60 Å². The Hall–Kier alpha value is -4.16. The highest BCUT2D eigenvalue weighted by Gasteiger charge is 2.46. The quantitative estimate of drug-likeness (QED) is 0.189. The number of nitrogens with zero attached hydrogens (tertiary/aromatic N) is 3. The van der Waals surface area contributed by atoms with E-state index in [0.717, 1.165) is 19.3 Å². The molecule has 3 N–H and O–H groups in total. The summed E-state index contributed by atoms with van der Waals surface area (Å²) in [6.45, 7) is 7.38. The molecular formula is C35H41ClN6O5S. The summed E-state index contributed by atoms with van der Waals surface area (Å²) in [6.07, 6.45) is 7.07. The Morgan fingerprint density at radius 2 is 1.71 bits per heavy atom. The number of carbonyl (C=O) groups is 2. The minimum atomic E-state index is -3.88. The Kier molecular flexibility index (Phi) is 9.16. The van der Waals surface area contributed by atoms with Crippen LogP contribution in [0, 0.1) is 5.92 Å². The van der Waals surface area contributed by atoms with Gasteiger partial charge in [0, 0.05) is 40.7 Å². The zero-order chi connectivity index (χ0) is 34.3. The van der Waals surface area contributed by atoms with E-state index >= 15 is 0 Å². The number of hydrogen-bond acceptors (Lipinski definition) is 8. The maximum atomic E-state index is 13.6. The van der Waals surface area contributed by atoms with Gasteiger partial charge in [-0.3, -0.25) is 4.79 Å². The molecule has 0 aliphatic heterocycles. The van der Waals surface area contributed by atoms with Crippen molar-refractivity contribution in [2.24, 2.45) is 5.92 Å². The van der Waals surface area contributed by atoms with Gasteiger partial charge in [-0.25, -0.2) is 27.2 Å². The van der Waals surface area contributed by atoms with Crippen molar-refractivity contribution in [2.45, 2.75) is 94.3 Å². The van der Waals surface area contributed by atoms with Crippen LogP contribution in [0.15, 0.2) is 71.9 Å². The van der Waals surface area contributed by atoms with Gasteiger partial charge in [-0.1, -0.05) is 48.0 Å². The normalized spacial score (nSPS) is 22.8. The van der Waals surface area contributed by atoms with Gasteiger partial charge in [0.05, 0.1) is 27.3 Å². The molecule has 0 bridgehead atoms. The molecule has 11 nitrogen and oxygen atoms in total. The van der Waals surface area contributed by atoms with Crippen LogP contribution in [0.5, 0.6) is 0 Å². The lowest BCUT2D eigenvalue weighted by Crippen LogP contribution is -2.59. The van der Waals surface area contributed by atoms with Crippen LogP contribution in [0.3, 0.4) is 0 Å². The number of anilines is 1. The van der Waals surface area contributed by atoms with Gasteiger partial charge in [-0.05, 0) is 84.4 Å². The average Bonchev–Trinajstić information content (AvgIpc) is 3.41. The predicted molar refractivity (Wildman–Crippen MR) is 185 cm³/mol. The Morgan fingerprint density at radius 1 is 1.02 bits per heavy atom. The third-order valence-electron chi connectivity index (χ3n) is 8.90. The number of para-hydroxylation sites is 1. The molecule has 0 spiro atoms. The third kappa shape index (κ3) is 7.29. The van der Waals surface area contributed by atoms with E-state index < -0.39 is 27.3 Å². The van der Waals surface area contributed by atoms with E-state index in [-0.39, 0.29) is 28.8 Å². The number of carbonyl (C=O) groups excluding carboxylic acids is 2. The standard InChI is InChI=1S/C35H41ClN6O5S/c1-34(2,3)47-33(44)41-35(4)18-22(19-35)31(43)38-23-11-10-12-24(17-23)39-32-37-20-28(36)30(40-32)27-21-42(29-16-9-8-15-26(27)29)48(45,46)25-13-6-5-7-14-25/h5-9,13-16,20-24H,10-12,17-19H2,1-4H3,(H,38,43)(H,41,44)(H,37,39,40)/t22?,23-,24+,35?/m0/s1. The first-order chi connectivity index (χ1) is 22.7. The van der Waals surface area contributed by atoms with Gasteiger partial charge in [-0.2, -0.15) is 0 Å². The molecule has 0 unspecified atom stereocenters. The van der Waals surface area contributed by atoms with Gasteiger partial charge < -0.3 is 20.7 Å². The van der Waals surface area contributed by atoms with Crippen molar-refractivity contribution < 1.29 is 22.7 Å². The molecule has 0 saturated heterocycles. The molecule has 48 heavy (non-hydrogen) atoms. The fourth-order valence-corrected chi connectivity index (χ4v) is 8.27. The zero-order valence-electron chi connectivity index (χ0n) is 27.5. The highest BCUT2D eigenvalue weighted by atomic mass is 35.5. The van der Waals surface area contributed by atoms with Crippen LogP contribution in [0.25, 0.3) is 22.2 Å². The topological polar surface area (TPSA) is 144 Å². The van der Waals surface area contributed by atoms with Crippen molar-refractivity contribution in [3.05, 3.63) is 72.0 Å². The van der Waals surface area contributed by atoms with E-state index in [1.54, 1.807) is 48.7 Å². The lowest BCUT2D eigenvalue weighted by atomic mass is 9.69. The summed E-state index contributed by atoms with van der Waals surface area (Å²) in [5.74, 6) is 0.196. The number of benzene rings is 2. The summed E-state index contributed by atoms with van der Waals surface area (Å²) in [4.78, 5) is 34.7. The molecule has 4 aromatic rings. The minimum absolute atomic E-state index is 0.00371. The summed E-state index contributed by atoms with van der Waals surface area (Å²) < 4.78 is 33.9. The molecule has 13 heteroatoms. The summed E-state index contributed by atoms with van der Waals surface area (Å²) in [7, 11) is -3.88. The zero-order valence-corrected chi connectivity index (χ0v) is 29.1. The van der Waals surface area contributed by atoms with Gasteiger partial charge in [0.2, 0.25) is 11.9 Å². The van der Waals surface area contributed by atoms with E-state index in [1.165, 1.54) is 10.2 Å². The molecule has 2 saturated carbocycles. The Labute approximate surface area is 285 Å². The van der Waals surface area contributed by atoms with Crippen molar-refractivity contribution in [3.8, 4) is 11.3 Å². The monoisotopic (exact) mass is 692 g/mol. The van der Waals surface area contributed by atoms with E-state index in [4.69, 9.17) is 21.3 Å². The highest BCUT2D eigenvalue weighted by molar-refractivity contribution is 7.90. The van der Waals surface area contributed by atoms with Crippen LogP contribution in [-0.4, -0.2) is 57.6 Å². The third-order valence-corrected chi connectivity index (χ3v) is 10.9. The van der Waals surface area contributed by atoms with Gasteiger partial charge in [-0.15, -0.1) is 0 Å². The second kappa shape index (κ2) is 13.0. The first kappa shape index (κ1) is 33.7. The molecule has 2 amide bonds. The van der Waals surface area contributed by atoms with Gasteiger partial charge >= 0.3 is 6.09 Å². The maximum Gasteiger partial charge on any atom is 0.408 e. The minimum Gasteiger partial charge on any atom is -0.444 e. The molecule has 2 fully saturated rings. The van der Waals surface area contributed by atoms with Crippen molar-refractivity contribution in [1.29, 1.82) is 0 Å². The molecule has 2 aliphatic rings. The molecule has 0 radical (unpaired) electrons. The number of nitrogens with one attached hydrogen (secondary N) is 3. The summed E-state index contributed by atoms with van der Waals surface area (Å²) >= 11 is 6.63. The summed E-state index contributed by atoms with van der Waals surface area (Å²) in [6, 6.07) is 15.5. The molecule has 6 rings (SSSR count). The second-order valence-electron chi connectivity index (χ2n) is 14.1. The number of fused-ring (bicyclic) bond motifs is 1. The van der Waals surface area contributed by atoms with Crippen LogP contribution in [0.2, 0.25) is 5.02 Å². The molecular weight excluding hydrogens is 652 g/mol. The molecule has 2 aromatic carbocycles. The summed E-state index contributed by atoms with van der Waals surface area (Å²) in [5, 5.41) is 10.5. The molecule has 254 valence electrons. The number of aromatic nitrogens is 3. The average molecular weight is 693 g/mol. The number of alkyl carbamates (subject to hydrolysis) is 1. The second-order valence-corrected chi connectivity index (χ2v) is 16.3. The molecule has 2 aliphatic carbocycles. The van der Waals surface area contributed by atoms with E-state index in [0.29, 0.717) is 52.4 Å². The van der Waals surface area contributed by atoms with E-state index in [1.807, 2.05) is 39.8 Å². The lowest BCUT2D eigenvalue weighted by Gasteiger charge is -2.45. The van der Waals surface area contributed by atoms with Crippen LogP contribution in [-0.2, 0) is 19.6 Å². The first-order valence-electron chi connectivity index (χ1n) is 16.2. The van der Waals surface area contributed by atoms with Crippen LogP contribution >= 0.6 is 11.6 Å². The first-order valence-corrected chi connectivity index (χ1v) is 18.0. The highest BCUT2D eigenvalue weighted by Crippen LogP contribution is 2.39. The predicted octanol–water partition coefficient (Wildman–Crippen LogP) is 6.52. The SMILES string of the molecule is CC1(NC(=O)OC(C)(C)C)CC(C(=O)N[C@H]2CCC[C@@H](Nc3ncc(Cl)c(-c4cn(S(=O)(=O)c5ccccc5)c5ccccc45)n3)C2)C1. The molecule has 2 aromatic heterocycles. The number of hydrogen-bond donors (Lipinski definition) is 3. The smallest absolute Gasteiger partial charge is 0.408 e. The van der Waals surface area contributed by atoms with Crippen molar-refractivity contribution in [2.75, 3.05) is 5.32 Å². The lowest BCUT2D eigenvalue weighted by molar-refractivity contribution is -0.131. The largest absolute Gasteiger partial charge is 0.444 e. The van der Waals surface area contributed by atoms with Gasteiger partial charge in [0.15, 0.2) is 0 Å². The molecule has 2 heterocycles. The summed E-state index contributed by atoms with van der Waals surface area (Å²) in [5.41, 5.74) is 0.447. The maximum absolute atomic E-state index is 13.6. The van der Waals surface area contributed by atoms with Crippen molar-refractivity contribution in [1.82, 2.24) is 24.6 Å². The fraction of sp³-hybridized carbons (Fsp3) is 0.429. The molecule has 2 atom stereocenters. The Morgan fingerprint density at radius 3 is 2.44 bits per heavy atom. The van der Waals surface area contributed by atoms with Crippen molar-refractivity contribution in [3.63, 3.8) is 0 Å². The number of rotatable bonds is 8. The number of amides is 2. The van der Waals surface area contributed by atoms with E-state index in [2.05, 4.69) is 20.9 Å². The van der Waals surface area contributed by atoms with E-state index in [9.17, 15) is 18.0 Å². The van der Waals surface area contributed by atoms with Crippen LogP contribution < -0.4 is 16.0 Å². The Bertz CT molecular complexity index is 1940. The fourth-order valence-electron chi connectivity index (χ4n) is 6.69.